The van der Waals surface area contributed by atoms with Crippen LogP contribution in [0.2, 0.25) is 0 Å². The molecule has 0 bridgehead atoms. The minimum absolute atomic E-state index is 0.0728. The molecular weight excluding hydrogens is 166 g/mol. The van der Waals surface area contributed by atoms with Gasteiger partial charge in [-0.05, 0) is 27.3 Å². The zero-order valence-corrected chi connectivity index (χ0v) is 8.75. The van der Waals surface area contributed by atoms with Crippen LogP contribution in [-0.4, -0.2) is 49.5 Å². The van der Waals surface area contributed by atoms with Gasteiger partial charge in [0, 0.05) is 12.6 Å². The minimum atomic E-state index is 0.0728. The first-order valence-corrected chi connectivity index (χ1v) is 5.03. The Morgan fingerprint density at radius 3 is 2.54 bits per heavy atom. The summed E-state index contributed by atoms with van der Waals surface area (Å²) >= 11 is 0. The molecule has 3 nitrogen and oxygen atoms in total. The third-order valence-corrected chi connectivity index (χ3v) is 2.91. The van der Waals surface area contributed by atoms with Crippen LogP contribution < -0.4 is 0 Å². The molecule has 0 aromatic rings. The topological polar surface area (TPSA) is 25.0 Å². The molecule has 76 valence electrons. The van der Waals surface area contributed by atoms with Gasteiger partial charge in [0.15, 0.2) is 0 Å². The van der Waals surface area contributed by atoms with E-state index in [4.69, 9.17) is 9.47 Å². The molecule has 0 spiro atoms. The molecular formula is C10H19NO2. The lowest BCUT2D eigenvalue weighted by molar-refractivity contribution is 0.0334. The fraction of sp³-hybridized carbons (Fsp3) is 1.00. The average Bonchev–Trinajstić information content (AvgIpc) is 2.75. The van der Waals surface area contributed by atoms with E-state index in [1.807, 2.05) is 0 Å². The smallest absolute Gasteiger partial charge is 0.0936 e. The molecule has 0 saturated carbocycles. The summed E-state index contributed by atoms with van der Waals surface area (Å²) in [6.45, 7) is 7.20. The Labute approximate surface area is 80.0 Å². The van der Waals surface area contributed by atoms with Crippen LogP contribution in [0.3, 0.4) is 0 Å². The number of rotatable bonds is 3. The third-order valence-electron chi connectivity index (χ3n) is 2.91. The average molecular weight is 185 g/mol. The second kappa shape index (κ2) is 3.23. The van der Waals surface area contributed by atoms with Crippen molar-refractivity contribution in [1.29, 1.82) is 0 Å². The van der Waals surface area contributed by atoms with Gasteiger partial charge in [0.1, 0.15) is 0 Å². The van der Waals surface area contributed by atoms with Crippen LogP contribution in [0.5, 0.6) is 0 Å². The van der Waals surface area contributed by atoms with Gasteiger partial charge < -0.3 is 9.47 Å². The van der Waals surface area contributed by atoms with E-state index in [9.17, 15) is 0 Å². The van der Waals surface area contributed by atoms with Crippen LogP contribution in [0, 0.1) is 0 Å². The van der Waals surface area contributed by atoms with Crippen LogP contribution in [0.15, 0.2) is 0 Å². The van der Waals surface area contributed by atoms with Gasteiger partial charge in [-0.1, -0.05) is 0 Å². The van der Waals surface area contributed by atoms with E-state index >= 15 is 0 Å². The minimum Gasteiger partial charge on any atom is -0.374 e. The maximum absolute atomic E-state index is 5.69. The van der Waals surface area contributed by atoms with E-state index in [-0.39, 0.29) is 5.60 Å². The van der Waals surface area contributed by atoms with E-state index in [1.165, 1.54) is 0 Å². The highest BCUT2D eigenvalue weighted by Gasteiger charge is 2.36. The predicted octanol–water partition coefficient (Wildman–Crippen LogP) is 0.884. The predicted molar refractivity (Wildman–Crippen MR) is 50.8 cm³/mol. The number of hydrogen-bond acceptors (Lipinski definition) is 3. The summed E-state index contributed by atoms with van der Waals surface area (Å²) in [4.78, 5) is 2.37. The molecule has 2 saturated heterocycles. The highest BCUT2D eigenvalue weighted by atomic mass is 16.6. The maximum atomic E-state index is 5.69. The van der Waals surface area contributed by atoms with Crippen LogP contribution >= 0.6 is 0 Å². The fourth-order valence-electron chi connectivity index (χ4n) is 1.93. The molecule has 0 radical (unpaired) electrons. The van der Waals surface area contributed by atoms with Gasteiger partial charge in [0.2, 0.25) is 0 Å². The summed E-state index contributed by atoms with van der Waals surface area (Å²) in [7, 11) is 2.16. The quantitative estimate of drug-likeness (QED) is 0.610. The Hall–Kier alpha value is -0.120. The summed E-state index contributed by atoms with van der Waals surface area (Å²) < 4.78 is 10.9. The van der Waals surface area contributed by atoms with Gasteiger partial charge in [-0.2, -0.15) is 0 Å². The lowest BCUT2D eigenvalue weighted by Crippen LogP contribution is -2.35. The highest BCUT2D eigenvalue weighted by molar-refractivity contribution is 4.87. The number of epoxide rings is 1. The molecule has 0 aliphatic carbocycles. The van der Waals surface area contributed by atoms with E-state index in [1.54, 1.807) is 0 Å². The monoisotopic (exact) mass is 185 g/mol. The Bertz CT molecular complexity index is 189. The molecule has 0 N–H and O–H groups in total. The van der Waals surface area contributed by atoms with Gasteiger partial charge in [-0.25, -0.2) is 0 Å². The largest absolute Gasteiger partial charge is 0.374 e. The van der Waals surface area contributed by atoms with E-state index in [0.717, 1.165) is 26.2 Å². The second-order valence-electron chi connectivity index (χ2n) is 4.82. The molecule has 2 fully saturated rings. The number of ether oxygens (including phenoxy) is 2. The third kappa shape index (κ3) is 2.42. The molecule has 2 atom stereocenters. The molecule has 2 aliphatic heterocycles. The first-order chi connectivity index (χ1) is 6.07. The Balaban J connectivity index is 1.80. The lowest BCUT2D eigenvalue weighted by Gasteiger charge is -2.23. The SMILES string of the molecule is CN(CC1CO1)C1COC(C)(C)C1. The second-order valence-corrected chi connectivity index (χ2v) is 4.82. The van der Waals surface area contributed by atoms with Gasteiger partial charge in [-0.3, -0.25) is 4.90 Å². The van der Waals surface area contributed by atoms with Gasteiger partial charge in [0.05, 0.1) is 24.9 Å². The molecule has 0 aromatic heterocycles. The highest BCUT2D eigenvalue weighted by Crippen LogP contribution is 2.27. The first-order valence-electron chi connectivity index (χ1n) is 5.03. The van der Waals surface area contributed by atoms with Crippen molar-refractivity contribution in [3.8, 4) is 0 Å². The first kappa shape index (κ1) is 9.44. The molecule has 2 heterocycles. The van der Waals surface area contributed by atoms with E-state index in [0.29, 0.717) is 12.1 Å². The lowest BCUT2D eigenvalue weighted by atomic mass is 10.0. The standard InChI is InChI=1S/C10H19NO2/c1-10(2)4-8(6-13-10)11(3)5-9-7-12-9/h8-9H,4-7H2,1-3H3. The summed E-state index contributed by atoms with van der Waals surface area (Å²) in [6.07, 6.45) is 1.63. The van der Waals surface area contributed by atoms with Crippen LogP contribution in [0.1, 0.15) is 20.3 Å². The normalized spacial score (nSPS) is 36.9. The molecule has 2 rings (SSSR count). The van der Waals surface area contributed by atoms with Crippen molar-refractivity contribution in [2.75, 3.05) is 26.8 Å². The Kier molecular flexibility index (Phi) is 2.34. The van der Waals surface area contributed by atoms with Crippen molar-refractivity contribution in [3.63, 3.8) is 0 Å². The van der Waals surface area contributed by atoms with Crippen molar-refractivity contribution in [1.82, 2.24) is 4.90 Å². The van der Waals surface area contributed by atoms with Gasteiger partial charge >= 0.3 is 0 Å². The van der Waals surface area contributed by atoms with E-state index < -0.39 is 0 Å². The number of hydrogen-bond donors (Lipinski definition) is 0. The van der Waals surface area contributed by atoms with Crippen molar-refractivity contribution < 1.29 is 9.47 Å². The van der Waals surface area contributed by atoms with Gasteiger partial charge in [-0.15, -0.1) is 0 Å². The zero-order valence-electron chi connectivity index (χ0n) is 8.75. The molecule has 2 aliphatic rings. The fourth-order valence-corrected chi connectivity index (χ4v) is 1.93. The van der Waals surface area contributed by atoms with Crippen molar-refractivity contribution in [3.05, 3.63) is 0 Å². The van der Waals surface area contributed by atoms with E-state index in [2.05, 4.69) is 25.8 Å². The molecule has 0 aromatic carbocycles. The Morgan fingerprint density at radius 1 is 1.38 bits per heavy atom. The van der Waals surface area contributed by atoms with Gasteiger partial charge in [0.25, 0.3) is 0 Å². The summed E-state index contributed by atoms with van der Waals surface area (Å²) in [5.41, 5.74) is 0.0728. The maximum Gasteiger partial charge on any atom is 0.0936 e. The summed E-state index contributed by atoms with van der Waals surface area (Å²) in [5.74, 6) is 0. The molecule has 0 amide bonds. The Morgan fingerprint density at radius 2 is 2.08 bits per heavy atom. The zero-order chi connectivity index (χ0) is 9.47. The van der Waals surface area contributed by atoms with Crippen LogP contribution in [-0.2, 0) is 9.47 Å². The van der Waals surface area contributed by atoms with Crippen molar-refractivity contribution >= 4 is 0 Å². The summed E-state index contributed by atoms with van der Waals surface area (Å²) in [5, 5.41) is 0. The van der Waals surface area contributed by atoms with Crippen molar-refractivity contribution in [2.24, 2.45) is 0 Å². The summed E-state index contributed by atoms with van der Waals surface area (Å²) in [6, 6.07) is 0.583. The van der Waals surface area contributed by atoms with Crippen LogP contribution in [0.25, 0.3) is 0 Å². The molecule has 13 heavy (non-hydrogen) atoms. The van der Waals surface area contributed by atoms with Crippen LogP contribution in [0.4, 0.5) is 0 Å². The number of nitrogens with zero attached hydrogens (tertiary/aromatic N) is 1. The molecule has 3 heteroatoms. The molecule has 2 unspecified atom stereocenters. The number of likely N-dealkylation sites (N-methyl/N-ethyl adjacent to an activating group) is 1. The van der Waals surface area contributed by atoms with Crippen molar-refractivity contribution in [2.45, 2.75) is 38.0 Å².